The van der Waals surface area contributed by atoms with Gasteiger partial charge in [0.1, 0.15) is 5.65 Å². The average molecular weight is 397 g/mol. The fraction of sp³-hybridized carbons (Fsp3) is 0.500. The van der Waals surface area contributed by atoms with Crippen LogP contribution in [-0.2, 0) is 17.9 Å². The predicted molar refractivity (Wildman–Crippen MR) is 109 cm³/mol. The van der Waals surface area contributed by atoms with E-state index in [0.717, 1.165) is 61.4 Å². The van der Waals surface area contributed by atoms with Crippen LogP contribution >= 0.6 is 0 Å². The van der Waals surface area contributed by atoms with Gasteiger partial charge in [-0.05, 0) is 37.7 Å². The highest BCUT2D eigenvalue weighted by Crippen LogP contribution is 2.31. The molecule has 3 aromatic rings. The molecule has 0 atom stereocenters. The molecule has 1 aliphatic carbocycles. The molecule has 9 heteroatoms. The summed E-state index contributed by atoms with van der Waals surface area (Å²) in [6, 6.07) is 2.07. The lowest BCUT2D eigenvalue weighted by molar-refractivity contribution is -0.129. The lowest BCUT2D eigenvalue weighted by Gasteiger charge is -2.05. The highest BCUT2D eigenvalue weighted by molar-refractivity contribution is 5.76. The van der Waals surface area contributed by atoms with Crippen LogP contribution in [0.2, 0.25) is 0 Å². The summed E-state index contributed by atoms with van der Waals surface area (Å²) in [5.41, 5.74) is 3.49. The zero-order chi connectivity index (χ0) is 20.1. The fourth-order valence-electron chi connectivity index (χ4n) is 3.41. The van der Waals surface area contributed by atoms with Crippen LogP contribution in [0.15, 0.2) is 30.9 Å². The minimum atomic E-state index is -0.326. The number of nitrogens with one attached hydrogen (secondary N) is 2. The lowest BCUT2D eigenvalue weighted by atomic mass is 10.1. The number of rotatable bonds is 11. The summed E-state index contributed by atoms with van der Waals surface area (Å²) in [6.45, 7) is 1.85. The van der Waals surface area contributed by atoms with Gasteiger partial charge in [0.05, 0.1) is 11.9 Å². The first-order valence-corrected chi connectivity index (χ1v) is 10.3. The van der Waals surface area contributed by atoms with Crippen molar-refractivity contribution < 1.29 is 10.0 Å². The van der Waals surface area contributed by atoms with E-state index in [4.69, 9.17) is 10.2 Å². The van der Waals surface area contributed by atoms with Crippen molar-refractivity contribution in [3.05, 3.63) is 30.9 Å². The highest BCUT2D eigenvalue weighted by Gasteiger charge is 2.22. The summed E-state index contributed by atoms with van der Waals surface area (Å²) in [5, 5.41) is 17.1. The van der Waals surface area contributed by atoms with Gasteiger partial charge in [-0.25, -0.2) is 10.5 Å². The quantitative estimate of drug-likeness (QED) is 0.260. The molecular formula is C20H27N7O2. The van der Waals surface area contributed by atoms with E-state index in [2.05, 4.69) is 32.2 Å². The number of carbonyl (C=O) groups excluding carboxylic acids is 1. The summed E-state index contributed by atoms with van der Waals surface area (Å²) in [6.07, 6.45) is 14.4. The fourth-order valence-corrected chi connectivity index (χ4v) is 3.41. The third-order valence-corrected chi connectivity index (χ3v) is 5.21. The molecule has 0 bridgehead atoms. The molecule has 0 aliphatic heterocycles. The van der Waals surface area contributed by atoms with Crippen LogP contribution in [0, 0.1) is 5.92 Å². The van der Waals surface area contributed by atoms with E-state index in [1.807, 2.05) is 17.1 Å². The molecule has 9 nitrogen and oxygen atoms in total. The van der Waals surface area contributed by atoms with E-state index in [-0.39, 0.29) is 5.91 Å². The monoisotopic (exact) mass is 397 g/mol. The number of hydrogen-bond acceptors (Lipinski definition) is 6. The van der Waals surface area contributed by atoms with Crippen LogP contribution in [0.1, 0.15) is 44.9 Å². The summed E-state index contributed by atoms with van der Waals surface area (Å²) < 4.78 is 4.12. The number of amides is 1. The molecule has 154 valence electrons. The van der Waals surface area contributed by atoms with Crippen molar-refractivity contribution in [3.8, 4) is 0 Å². The van der Waals surface area contributed by atoms with Gasteiger partial charge in [-0.15, -0.1) is 0 Å². The summed E-state index contributed by atoms with van der Waals surface area (Å²) in [4.78, 5) is 20.1. The smallest absolute Gasteiger partial charge is 0.243 e. The number of carbonyl (C=O) groups is 1. The highest BCUT2D eigenvalue weighted by atomic mass is 16.5. The Bertz CT molecular complexity index is 961. The van der Waals surface area contributed by atoms with Crippen LogP contribution in [0.4, 0.5) is 11.6 Å². The number of hydrogen-bond donors (Lipinski definition) is 3. The third kappa shape index (κ3) is 5.32. The van der Waals surface area contributed by atoms with Crippen LogP contribution < -0.4 is 10.8 Å². The number of aromatic nitrogens is 5. The second kappa shape index (κ2) is 9.04. The molecule has 1 fully saturated rings. The molecule has 3 heterocycles. The van der Waals surface area contributed by atoms with Crippen molar-refractivity contribution in [2.24, 2.45) is 5.92 Å². The normalized spacial score (nSPS) is 13.7. The number of hydroxylamine groups is 1. The molecule has 3 N–H and O–H groups in total. The maximum Gasteiger partial charge on any atom is 0.243 e. The topological polar surface area (TPSA) is 110 Å². The molecule has 29 heavy (non-hydrogen) atoms. The summed E-state index contributed by atoms with van der Waals surface area (Å²) in [5.74, 6) is 1.05. The third-order valence-electron chi connectivity index (χ3n) is 5.21. The Morgan fingerprint density at radius 1 is 1.21 bits per heavy atom. The van der Waals surface area contributed by atoms with Crippen LogP contribution in [0.25, 0.3) is 11.0 Å². The number of anilines is 2. The van der Waals surface area contributed by atoms with E-state index in [1.165, 1.54) is 12.8 Å². The number of nitrogens with zero attached hydrogens (tertiary/aromatic N) is 5. The van der Waals surface area contributed by atoms with Gasteiger partial charge in [-0.1, -0.05) is 12.8 Å². The Hall–Kier alpha value is -2.94. The summed E-state index contributed by atoms with van der Waals surface area (Å²) >= 11 is 0. The Balaban J connectivity index is 1.27. The molecule has 0 spiro atoms. The molecule has 0 unspecified atom stereocenters. The number of unbranched alkanes of at least 4 members (excludes halogenated alkanes) is 3. The maximum absolute atomic E-state index is 11.0. The largest absolute Gasteiger partial charge is 0.332 e. The van der Waals surface area contributed by atoms with Crippen molar-refractivity contribution in [1.29, 1.82) is 0 Å². The molecule has 0 saturated heterocycles. The van der Waals surface area contributed by atoms with Crippen LogP contribution in [-0.4, -0.2) is 35.4 Å². The molecular weight excluding hydrogens is 370 g/mol. The van der Waals surface area contributed by atoms with Crippen molar-refractivity contribution in [3.63, 3.8) is 0 Å². The van der Waals surface area contributed by atoms with E-state index in [0.29, 0.717) is 12.4 Å². The Labute approximate surface area is 169 Å². The maximum atomic E-state index is 11.0. The van der Waals surface area contributed by atoms with Crippen molar-refractivity contribution in [2.45, 2.75) is 58.0 Å². The van der Waals surface area contributed by atoms with Crippen molar-refractivity contribution >= 4 is 28.6 Å². The van der Waals surface area contributed by atoms with E-state index in [9.17, 15) is 4.79 Å². The SMILES string of the molecule is O=C(CCCCCCn1cc(Nc2ncc3ccn(CC4CC4)c3n2)cn1)NO. The van der Waals surface area contributed by atoms with Gasteiger partial charge in [0, 0.05) is 43.5 Å². The molecule has 4 rings (SSSR count). The number of fused-ring (bicyclic) bond motifs is 1. The van der Waals surface area contributed by atoms with Crippen LogP contribution in [0.5, 0.6) is 0 Å². The Kier molecular flexibility index (Phi) is 6.04. The van der Waals surface area contributed by atoms with Gasteiger partial charge in [-0.3, -0.25) is 14.7 Å². The second-order valence-corrected chi connectivity index (χ2v) is 7.70. The average Bonchev–Trinajstić information content (AvgIpc) is 3.30. The molecule has 0 radical (unpaired) electrons. The van der Waals surface area contributed by atoms with E-state index < -0.39 is 0 Å². The Morgan fingerprint density at radius 3 is 2.90 bits per heavy atom. The minimum Gasteiger partial charge on any atom is -0.332 e. The molecule has 1 saturated carbocycles. The van der Waals surface area contributed by atoms with Gasteiger partial charge in [0.2, 0.25) is 11.9 Å². The van der Waals surface area contributed by atoms with Gasteiger partial charge in [0.25, 0.3) is 0 Å². The molecule has 3 aromatic heterocycles. The van der Waals surface area contributed by atoms with Crippen molar-refractivity contribution in [2.75, 3.05) is 5.32 Å². The van der Waals surface area contributed by atoms with E-state index >= 15 is 0 Å². The minimum absolute atomic E-state index is 0.326. The zero-order valence-electron chi connectivity index (χ0n) is 16.4. The summed E-state index contributed by atoms with van der Waals surface area (Å²) in [7, 11) is 0. The van der Waals surface area contributed by atoms with Crippen LogP contribution in [0.3, 0.4) is 0 Å². The number of aryl methyl sites for hydroxylation is 1. The van der Waals surface area contributed by atoms with Gasteiger partial charge in [-0.2, -0.15) is 10.1 Å². The standard InChI is InChI=1S/C20H27N7O2/c28-18(25-29)5-3-1-2-4-9-27-14-17(12-22-27)23-20-21-11-16-8-10-26(19(16)24-20)13-15-6-7-15/h8,10-12,14-15,29H,1-7,9,13H2,(H,25,28)(H,21,23,24). The first-order valence-electron chi connectivity index (χ1n) is 10.3. The predicted octanol–water partition coefficient (Wildman–Crippen LogP) is 3.24. The lowest BCUT2D eigenvalue weighted by Crippen LogP contribution is -2.17. The van der Waals surface area contributed by atoms with Gasteiger partial charge < -0.3 is 9.88 Å². The van der Waals surface area contributed by atoms with Gasteiger partial charge >= 0.3 is 0 Å². The Morgan fingerprint density at radius 2 is 2.07 bits per heavy atom. The first kappa shape index (κ1) is 19.4. The van der Waals surface area contributed by atoms with E-state index in [1.54, 1.807) is 11.7 Å². The molecule has 0 aromatic carbocycles. The van der Waals surface area contributed by atoms with Gasteiger partial charge in [0.15, 0.2) is 0 Å². The van der Waals surface area contributed by atoms with Crippen molar-refractivity contribution in [1.82, 2.24) is 29.8 Å². The zero-order valence-corrected chi connectivity index (χ0v) is 16.4. The molecule has 1 amide bonds. The first-order chi connectivity index (χ1) is 14.2. The second-order valence-electron chi connectivity index (χ2n) is 7.70. The molecule has 1 aliphatic rings.